The maximum absolute atomic E-state index is 11.8. The first-order valence-corrected chi connectivity index (χ1v) is 7.56. The Balaban J connectivity index is 2.20. The molecule has 0 aliphatic carbocycles. The highest BCUT2D eigenvalue weighted by atomic mass is 16.6. The van der Waals surface area contributed by atoms with Gasteiger partial charge in [-0.1, -0.05) is 12.1 Å². The number of rotatable bonds is 5. The molecule has 130 valence electrons. The van der Waals surface area contributed by atoms with Crippen molar-refractivity contribution >= 4 is 23.0 Å². The number of aromatic amines is 1. The Morgan fingerprint density at radius 3 is 2.62 bits per heavy atom. The standard InChI is InChI=1S/C17H22N2O5/c1-17(2,3)24-16(22)19-12(15(20)21)8-10-9-18-14-11(10)6-5-7-13(14)23-4/h5-7,9,12,18H,8H2,1-4H3,(H,19,22)(H,20,21)/t12-/m0/s1. The van der Waals surface area contributed by atoms with Crippen molar-refractivity contribution in [3.8, 4) is 5.75 Å². The number of nitrogens with one attached hydrogen (secondary N) is 2. The summed E-state index contributed by atoms with van der Waals surface area (Å²) in [6.07, 6.45) is 1.09. The molecule has 1 aromatic heterocycles. The Bertz CT molecular complexity index is 745. The Kier molecular flexibility index (Phi) is 5.02. The van der Waals surface area contributed by atoms with Gasteiger partial charge in [-0.05, 0) is 32.4 Å². The third kappa shape index (κ3) is 4.18. The lowest BCUT2D eigenvalue weighted by Crippen LogP contribution is -2.44. The molecule has 0 radical (unpaired) electrons. The molecule has 0 bridgehead atoms. The zero-order valence-corrected chi connectivity index (χ0v) is 14.2. The van der Waals surface area contributed by atoms with Gasteiger partial charge in [-0.3, -0.25) is 0 Å². The highest BCUT2D eigenvalue weighted by molar-refractivity contribution is 5.89. The van der Waals surface area contributed by atoms with Crippen molar-refractivity contribution in [3.05, 3.63) is 30.0 Å². The number of para-hydroxylation sites is 1. The molecule has 1 atom stereocenters. The SMILES string of the molecule is COc1cccc2c(C[C@H](NC(=O)OC(C)(C)C)C(=O)O)c[nH]c12. The van der Waals surface area contributed by atoms with Crippen LogP contribution in [0.15, 0.2) is 24.4 Å². The van der Waals surface area contributed by atoms with Crippen LogP contribution in [0, 0.1) is 0 Å². The molecule has 0 fully saturated rings. The number of aliphatic carboxylic acids is 1. The lowest BCUT2D eigenvalue weighted by molar-refractivity contribution is -0.139. The summed E-state index contributed by atoms with van der Waals surface area (Å²) in [5.41, 5.74) is 0.866. The summed E-state index contributed by atoms with van der Waals surface area (Å²) >= 11 is 0. The Hall–Kier alpha value is -2.70. The first kappa shape index (κ1) is 17.7. The molecule has 24 heavy (non-hydrogen) atoms. The van der Waals surface area contributed by atoms with E-state index < -0.39 is 23.7 Å². The van der Waals surface area contributed by atoms with E-state index in [9.17, 15) is 14.7 Å². The molecule has 0 spiro atoms. The van der Waals surface area contributed by atoms with Gasteiger partial charge in [0.15, 0.2) is 0 Å². The number of fused-ring (bicyclic) bond motifs is 1. The van der Waals surface area contributed by atoms with E-state index in [1.807, 2.05) is 18.2 Å². The molecule has 3 N–H and O–H groups in total. The number of H-pyrrole nitrogens is 1. The maximum atomic E-state index is 11.8. The van der Waals surface area contributed by atoms with Gasteiger partial charge in [-0.15, -0.1) is 0 Å². The van der Waals surface area contributed by atoms with Crippen molar-refractivity contribution in [1.82, 2.24) is 10.3 Å². The normalized spacial score (nSPS) is 12.7. The molecule has 0 saturated carbocycles. The molecule has 2 aromatic rings. The van der Waals surface area contributed by atoms with Gasteiger partial charge in [0.05, 0.1) is 12.6 Å². The summed E-state index contributed by atoms with van der Waals surface area (Å²) in [7, 11) is 1.57. The topological polar surface area (TPSA) is 101 Å². The van der Waals surface area contributed by atoms with Crippen LogP contribution in [0.3, 0.4) is 0 Å². The fraction of sp³-hybridized carbons (Fsp3) is 0.412. The minimum absolute atomic E-state index is 0.127. The van der Waals surface area contributed by atoms with Crippen LogP contribution in [0.4, 0.5) is 4.79 Å². The van der Waals surface area contributed by atoms with Gasteiger partial charge in [-0.2, -0.15) is 0 Å². The molecule has 7 nitrogen and oxygen atoms in total. The van der Waals surface area contributed by atoms with Gasteiger partial charge in [0, 0.05) is 18.0 Å². The predicted octanol–water partition coefficient (Wildman–Crippen LogP) is 2.70. The number of amides is 1. The molecule has 0 aliphatic heterocycles. The van der Waals surface area contributed by atoms with Crippen LogP contribution in [-0.2, 0) is 16.0 Å². The summed E-state index contributed by atoms with van der Waals surface area (Å²) in [5, 5.41) is 12.6. The van der Waals surface area contributed by atoms with Crippen LogP contribution in [0.2, 0.25) is 0 Å². The van der Waals surface area contributed by atoms with Gasteiger partial charge in [0.1, 0.15) is 17.4 Å². The molecule has 0 saturated heterocycles. The summed E-state index contributed by atoms with van der Waals surface area (Å²) in [5.74, 6) is -0.455. The number of ether oxygens (including phenoxy) is 2. The fourth-order valence-corrected chi connectivity index (χ4v) is 2.39. The second-order valence-electron chi connectivity index (χ2n) is 6.44. The van der Waals surface area contributed by atoms with Crippen LogP contribution in [-0.4, -0.2) is 40.9 Å². The van der Waals surface area contributed by atoms with E-state index in [1.165, 1.54) is 0 Å². The van der Waals surface area contributed by atoms with Gasteiger partial charge in [0.2, 0.25) is 0 Å². The molecule has 1 aromatic carbocycles. The molecule has 0 unspecified atom stereocenters. The Morgan fingerprint density at radius 1 is 1.33 bits per heavy atom. The monoisotopic (exact) mass is 334 g/mol. The summed E-state index contributed by atoms with van der Waals surface area (Å²) < 4.78 is 10.4. The third-order valence-corrected chi connectivity index (χ3v) is 3.40. The quantitative estimate of drug-likeness (QED) is 0.780. The number of carboxylic acids is 1. The van der Waals surface area contributed by atoms with E-state index in [0.29, 0.717) is 5.75 Å². The van der Waals surface area contributed by atoms with Crippen LogP contribution in [0.1, 0.15) is 26.3 Å². The summed E-state index contributed by atoms with van der Waals surface area (Å²) in [6.45, 7) is 5.15. The number of benzene rings is 1. The number of hydrogen-bond acceptors (Lipinski definition) is 4. The van der Waals surface area contributed by atoms with Gasteiger partial charge in [0.25, 0.3) is 0 Å². The molecular formula is C17H22N2O5. The minimum Gasteiger partial charge on any atom is -0.495 e. The predicted molar refractivity (Wildman–Crippen MR) is 89.3 cm³/mol. The zero-order valence-electron chi connectivity index (χ0n) is 14.2. The maximum Gasteiger partial charge on any atom is 0.408 e. The smallest absolute Gasteiger partial charge is 0.408 e. The van der Waals surface area contributed by atoms with E-state index >= 15 is 0 Å². The number of carboxylic acid groups (broad SMARTS) is 1. The second-order valence-corrected chi connectivity index (χ2v) is 6.44. The van der Waals surface area contributed by atoms with E-state index in [-0.39, 0.29) is 6.42 Å². The van der Waals surface area contributed by atoms with Crippen molar-refractivity contribution in [1.29, 1.82) is 0 Å². The average molecular weight is 334 g/mol. The summed E-state index contributed by atoms with van der Waals surface area (Å²) in [4.78, 5) is 26.4. The highest BCUT2D eigenvalue weighted by Crippen LogP contribution is 2.27. The molecular weight excluding hydrogens is 312 g/mol. The van der Waals surface area contributed by atoms with E-state index in [4.69, 9.17) is 9.47 Å². The van der Waals surface area contributed by atoms with Gasteiger partial charge in [-0.25, -0.2) is 9.59 Å². The van der Waals surface area contributed by atoms with Crippen LogP contribution in [0.25, 0.3) is 10.9 Å². The lowest BCUT2D eigenvalue weighted by Gasteiger charge is -2.22. The first-order chi connectivity index (χ1) is 11.2. The highest BCUT2D eigenvalue weighted by Gasteiger charge is 2.25. The number of methoxy groups -OCH3 is 1. The first-order valence-electron chi connectivity index (χ1n) is 7.56. The molecule has 0 aliphatic rings. The number of carbonyl (C=O) groups is 2. The molecule has 2 rings (SSSR count). The van der Waals surface area contributed by atoms with Crippen molar-refractivity contribution in [2.24, 2.45) is 0 Å². The van der Waals surface area contributed by atoms with E-state index in [0.717, 1.165) is 16.5 Å². The number of alkyl carbamates (subject to hydrolysis) is 1. The van der Waals surface area contributed by atoms with Gasteiger partial charge >= 0.3 is 12.1 Å². The minimum atomic E-state index is -1.13. The molecule has 1 heterocycles. The Labute approximate surface area is 140 Å². The van der Waals surface area contributed by atoms with Crippen molar-refractivity contribution < 1.29 is 24.2 Å². The Morgan fingerprint density at radius 2 is 2.04 bits per heavy atom. The number of carbonyl (C=O) groups excluding carboxylic acids is 1. The van der Waals surface area contributed by atoms with Crippen LogP contribution in [0.5, 0.6) is 5.75 Å². The fourth-order valence-electron chi connectivity index (χ4n) is 2.39. The van der Waals surface area contributed by atoms with Crippen molar-refractivity contribution in [3.63, 3.8) is 0 Å². The molecule has 7 heteroatoms. The number of hydrogen-bond donors (Lipinski definition) is 3. The van der Waals surface area contributed by atoms with Crippen molar-refractivity contribution in [2.45, 2.75) is 38.8 Å². The van der Waals surface area contributed by atoms with Crippen molar-refractivity contribution in [2.75, 3.05) is 7.11 Å². The largest absolute Gasteiger partial charge is 0.495 e. The van der Waals surface area contributed by atoms with Crippen LogP contribution < -0.4 is 10.1 Å². The summed E-state index contributed by atoms with van der Waals surface area (Å²) in [6, 6.07) is 4.42. The third-order valence-electron chi connectivity index (χ3n) is 3.40. The van der Waals surface area contributed by atoms with Gasteiger partial charge < -0.3 is 24.9 Å². The van der Waals surface area contributed by atoms with Crippen LogP contribution >= 0.6 is 0 Å². The lowest BCUT2D eigenvalue weighted by atomic mass is 10.0. The molecule has 1 amide bonds. The zero-order chi connectivity index (χ0) is 17.9. The average Bonchev–Trinajstić information content (AvgIpc) is 2.87. The van der Waals surface area contributed by atoms with E-state index in [2.05, 4.69) is 10.3 Å². The van der Waals surface area contributed by atoms with E-state index in [1.54, 1.807) is 34.1 Å². The number of aromatic nitrogens is 1. The second kappa shape index (κ2) is 6.82.